The van der Waals surface area contributed by atoms with Crippen molar-refractivity contribution in [2.45, 2.75) is 26.4 Å². The van der Waals surface area contributed by atoms with Crippen LogP contribution in [0.2, 0.25) is 0 Å². The van der Waals surface area contributed by atoms with E-state index in [1.165, 1.54) is 0 Å². The van der Waals surface area contributed by atoms with Crippen LogP contribution in [0.25, 0.3) is 16.3 Å². The molecular weight excluding hydrogens is 464 g/mol. The van der Waals surface area contributed by atoms with Crippen LogP contribution in [0.15, 0.2) is 70.2 Å². The number of aryl methyl sites for hydroxylation is 1. The molecule has 0 spiro atoms. The van der Waals surface area contributed by atoms with Crippen molar-refractivity contribution in [3.8, 4) is 22.2 Å². The smallest absolute Gasteiger partial charge is 0.322 e. The molecule has 0 bridgehead atoms. The van der Waals surface area contributed by atoms with Gasteiger partial charge in [0, 0.05) is 5.70 Å². The molecule has 4 heterocycles. The second kappa shape index (κ2) is 8.59. The normalized spacial score (nSPS) is 17.1. The summed E-state index contributed by atoms with van der Waals surface area (Å²) in [5.41, 5.74) is 4.52. The zero-order valence-corrected chi connectivity index (χ0v) is 20.0. The minimum absolute atomic E-state index is 0.201. The van der Waals surface area contributed by atoms with Crippen LogP contribution in [0.3, 0.4) is 0 Å². The fourth-order valence-electron chi connectivity index (χ4n) is 4.32. The minimum atomic E-state index is -0.423. The fraction of sp³-hybridized carbons (Fsp3) is 0.192. The summed E-state index contributed by atoms with van der Waals surface area (Å²) in [7, 11) is 0. The first-order valence-corrected chi connectivity index (χ1v) is 12.1. The van der Waals surface area contributed by atoms with Gasteiger partial charge < -0.3 is 19.3 Å². The van der Waals surface area contributed by atoms with Gasteiger partial charge in [-0.1, -0.05) is 47.1 Å². The molecule has 1 unspecified atom stereocenters. The van der Waals surface area contributed by atoms with Crippen molar-refractivity contribution in [3.63, 3.8) is 0 Å². The number of fused-ring (bicyclic) bond motifs is 1. The molecule has 2 aromatic heterocycles. The van der Waals surface area contributed by atoms with Crippen LogP contribution in [-0.2, 0) is 6.54 Å². The average Bonchev–Trinajstić information content (AvgIpc) is 3.63. The number of aromatic nitrogens is 2. The molecule has 2 amide bonds. The van der Waals surface area contributed by atoms with Crippen LogP contribution < -0.4 is 14.8 Å². The SMILES string of the molecule is CC1=C(c2nc(-c3cccs3)no2)C(c2ccc(C)cc2)NC(=O)N1Cc1ccc2c(c1)OCO2. The van der Waals surface area contributed by atoms with E-state index in [0.717, 1.165) is 32.8 Å². The molecule has 1 N–H and O–H groups in total. The summed E-state index contributed by atoms with van der Waals surface area (Å²) in [6, 6.07) is 17.0. The maximum atomic E-state index is 13.3. The van der Waals surface area contributed by atoms with Crippen LogP contribution in [0.1, 0.15) is 35.5 Å². The number of nitrogens with zero attached hydrogens (tertiary/aromatic N) is 3. The molecule has 0 aliphatic carbocycles. The molecule has 0 saturated heterocycles. The van der Waals surface area contributed by atoms with Crippen molar-refractivity contribution in [2.24, 2.45) is 0 Å². The van der Waals surface area contributed by atoms with Gasteiger partial charge in [-0.15, -0.1) is 11.3 Å². The highest BCUT2D eigenvalue weighted by molar-refractivity contribution is 7.13. The number of carbonyl (C=O) groups excluding carboxylic acids is 1. The Morgan fingerprint density at radius 1 is 1.09 bits per heavy atom. The van der Waals surface area contributed by atoms with E-state index in [2.05, 4.69) is 10.5 Å². The fourth-order valence-corrected chi connectivity index (χ4v) is 4.97. The predicted molar refractivity (Wildman–Crippen MR) is 131 cm³/mol. The largest absolute Gasteiger partial charge is 0.454 e. The first-order chi connectivity index (χ1) is 17.1. The van der Waals surface area contributed by atoms with E-state index < -0.39 is 6.04 Å². The van der Waals surface area contributed by atoms with Gasteiger partial charge >= 0.3 is 6.03 Å². The second-order valence-electron chi connectivity index (χ2n) is 8.47. The van der Waals surface area contributed by atoms with E-state index in [-0.39, 0.29) is 12.8 Å². The summed E-state index contributed by atoms with van der Waals surface area (Å²) in [6.07, 6.45) is 0. The monoisotopic (exact) mass is 486 g/mol. The van der Waals surface area contributed by atoms with Crippen molar-refractivity contribution in [2.75, 3.05) is 6.79 Å². The third-order valence-corrected chi connectivity index (χ3v) is 7.05. The van der Waals surface area contributed by atoms with Gasteiger partial charge in [0.15, 0.2) is 11.5 Å². The van der Waals surface area contributed by atoms with Gasteiger partial charge in [0.25, 0.3) is 5.89 Å². The molecule has 6 rings (SSSR count). The van der Waals surface area contributed by atoms with Crippen LogP contribution in [0.4, 0.5) is 4.79 Å². The number of carbonyl (C=O) groups is 1. The molecule has 9 heteroatoms. The third-order valence-electron chi connectivity index (χ3n) is 6.18. The highest BCUT2D eigenvalue weighted by Gasteiger charge is 2.36. The average molecular weight is 487 g/mol. The molecule has 176 valence electrons. The van der Waals surface area contributed by atoms with Crippen molar-refractivity contribution in [1.29, 1.82) is 0 Å². The van der Waals surface area contributed by atoms with Crippen LogP contribution in [0, 0.1) is 6.92 Å². The van der Waals surface area contributed by atoms with Gasteiger partial charge in [-0.2, -0.15) is 4.98 Å². The van der Waals surface area contributed by atoms with Gasteiger partial charge in [-0.25, -0.2) is 4.79 Å². The number of rotatable bonds is 5. The van der Waals surface area contributed by atoms with Crippen molar-refractivity contribution in [1.82, 2.24) is 20.4 Å². The molecule has 0 fully saturated rings. The topological polar surface area (TPSA) is 89.7 Å². The van der Waals surface area contributed by atoms with Crippen molar-refractivity contribution < 1.29 is 18.8 Å². The van der Waals surface area contributed by atoms with Gasteiger partial charge in [0.1, 0.15) is 0 Å². The summed E-state index contributed by atoms with van der Waals surface area (Å²) < 4.78 is 16.7. The molecule has 0 radical (unpaired) electrons. The lowest BCUT2D eigenvalue weighted by Crippen LogP contribution is -2.45. The van der Waals surface area contributed by atoms with E-state index in [4.69, 9.17) is 19.0 Å². The highest BCUT2D eigenvalue weighted by Crippen LogP contribution is 2.39. The Hall–Kier alpha value is -4.11. The molecule has 1 atom stereocenters. The molecule has 8 nitrogen and oxygen atoms in total. The van der Waals surface area contributed by atoms with Crippen molar-refractivity contribution >= 4 is 22.9 Å². The number of ether oxygens (including phenoxy) is 2. The van der Waals surface area contributed by atoms with Gasteiger partial charge in [-0.05, 0) is 48.6 Å². The first kappa shape index (κ1) is 21.4. The molecule has 4 aromatic rings. The Balaban J connectivity index is 1.42. The number of amides is 2. The minimum Gasteiger partial charge on any atom is -0.454 e. The summed E-state index contributed by atoms with van der Waals surface area (Å²) in [5, 5.41) is 9.32. The van der Waals surface area contributed by atoms with E-state index in [9.17, 15) is 4.79 Å². The lowest BCUT2D eigenvalue weighted by molar-refractivity contribution is 0.174. The Morgan fingerprint density at radius 3 is 2.71 bits per heavy atom. The maximum Gasteiger partial charge on any atom is 0.322 e. The summed E-state index contributed by atoms with van der Waals surface area (Å²) in [4.78, 5) is 20.6. The standard InChI is InChI=1S/C26H22N4O4S/c1-15-5-8-18(9-6-15)23-22(25-28-24(29-34-25)21-4-3-11-35-21)16(2)30(26(31)27-23)13-17-7-10-19-20(12-17)33-14-32-19/h3-12,23H,13-14H2,1-2H3,(H,27,31). The lowest BCUT2D eigenvalue weighted by atomic mass is 9.94. The Kier molecular flexibility index (Phi) is 5.26. The van der Waals surface area contributed by atoms with Gasteiger partial charge in [-0.3, -0.25) is 4.90 Å². The van der Waals surface area contributed by atoms with Crippen LogP contribution in [-0.4, -0.2) is 27.9 Å². The number of urea groups is 1. The summed E-state index contributed by atoms with van der Waals surface area (Å²) in [6.45, 7) is 4.50. The molecule has 2 aromatic carbocycles. The van der Waals surface area contributed by atoms with E-state index >= 15 is 0 Å². The third kappa shape index (κ3) is 3.93. The Labute approximate surface area is 205 Å². The van der Waals surface area contributed by atoms with E-state index in [1.807, 2.05) is 73.8 Å². The lowest BCUT2D eigenvalue weighted by Gasteiger charge is -2.35. The quantitative estimate of drug-likeness (QED) is 0.399. The zero-order valence-electron chi connectivity index (χ0n) is 19.1. The van der Waals surface area contributed by atoms with Crippen LogP contribution >= 0.6 is 11.3 Å². The number of allylic oxidation sites excluding steroid dienone is 1. The Bertz CT molecular complexity index is 1430. The highest BCUT2D eigenvalue weighted by atomic mass is 32.1. The number of nitrogens with one attached hydrogen (secondary N) is 1. The number of thiophene rings is 1. The van der Waals surface area contributed by atoms with Gasteiger partial charge in [0.05, 0.1) is 23.0 Å². The second-order valence-corrected chi connectivity index (χ2v) is 9.41. The van der Waals surface area contributed by atoms with Gasteiger partial charge in [0.2, 0.25) is 12.6 Å². The summed E-state index contributed by atoms with van der Waals surface area (Å²) >= 11 is 1.54. The van der Waals surface area contributed by atoms with Crippen LogP contribution in [0.5, 0.6) is 11.5 Å². The maximum absolute atomic E-state index is 13.3. The van der Waals surface area contributed by atoms with Crippen molar-refractivity contribution in [3.05, 3.63) is 88.3 Å². The molecular formula is C26H22N4O4S. The van der Waals surface area contributed by atoms with E-state index in [1.54, 1.807) is 16.2 Å². The molecule has 35 heavy (non-hydrogen) atoms. The molecule has 0 saturated carbocycles. The van der Waals surface area contributed by atoms with E-state index in [0.29, 0.717) is 29.8 Å². The number of benzene rings is 2. The zero-order chi connectivity index (χ0) is 23.9. The molecule has 2 aliphatic heterocycles. The number of hydrogen-bond donors (Lipinski definition) is 1. The first-order valence-electron chi connectivity index (χ1n) is 11.2. The number of hydrogen-bond acceptors (Lipinski definition) is 7. The molecule has 2 aliphatic rings. The summed E-state index contributed by atoms with van der Waals surface area (Å²) in [5.74, 6) is 2.29. The predicted octanol–water partition coefficient (Wildman–Crippen LogP) is 5.53. The Morgan fingerprint density at radius 2 is 1.91 bits per heavy atom.